The molecule has 2 rings (SSSR count). The first kappa shape index (κ1) is 13.8. The third kappa shape index (κ3) is 3.05. The highest BCUT2D eigenvalue weighted by atomic mass is 35.5. The predicted molar refractivity (Wildman–Crippen MR) is 77.3 cm³/mol. The Morgan fingerprint density at radius 1 is 1.42 bits per heavy atom. The lowest BCUT2D eigenvalue weighted by molar-refractivity contribution is 0.0697. The summed E-state index contributed by atoms with van der Waals surface area (Å²) in [7, 11) is 0. The summed E-state index contributed by atoms with van der Waals surface area (Å²) in [6, 6.07) is 7.42. The van der Waals surface area contributed by atoms with Crippen molar-refractivity contribution in [1.82, 2.24) is 4.37 Å². The number of rotatable bonds is 4. The molecule has 2 aromatic rings. The Morgan fingerprint density at radius 3 is 2.63 bits per heavy atom. The monoisotopic (exact) mass is 296 g/mol. The van der Waals surface area contributed by atoms with Crippen molar-refractivity contribution in [3.05, 3.63) is 46.1 Å². The van der Waals surface area contributed by atoms with Crippen LogP contribution in [0.15, 0.2) is 24.3 Å². The zero-order valence-electron chi connectivity index (χ0n) is 10.5. The van der Waals surface area contributed by atoms with Crippen molar-refractivity contribution in [3.8, 4) is 0 Å². The summed E-state index contributed by atoms with van der Waals surface area (Å²) in [5, 5.41) is 13.6. The number of carbonyl (C=O) groups is 1. The van der Waals surface area contributed by atoms with E-state index in [-0.39, 0.29) is 11.6 Å². The predicted octanol–water partition coefficient (Wildman–Crippen LogP) is 3.98. The zero-order valence-corrected chi connectivity index (χ0v) is 12.0. The summed E-state index contributed by atoms with van der Waals surface area (Å²) in [6.45, 7) is 3.65. The number of nitrogens with zero attached hydrogens (tertiary/aromatic N) is 1. The fourth-order valence-electron chi connectivity index (χ4n) is 1.75. The van der Waals surface area contributed by atoms with Gasteiger partial charge in [0, 0.05) is 11.1 Å². The number of carboxylic acid groups (broad SMARTS) is 1. The van der Waals surface area contributed by atoms with E-state index in [4.69, 9.17) is 16.7 Å². The molecule has 0 aliphatic carbocycles. The quantitative estimate of drug-likeness (QED) is 0.896. The summed E-state index contributed by atoms with van der Waals surface area (Å²) in [4.78, 5) is 11.2. The average Bonchev–Trinajstić information content (AvgIpc) is 2.71. The molecular weight excluding hydrogens is 284 g/mol. The summed E-state index contributed by atoms with van der Waals surface area (Å²) in [5.41, 5.74) is 1.81. The van der Waals surface area contributed by atoms with Gasteiger partial charge in [-0.2, -0.15) is 4.37 Å². The molecule has 1 heterocycles. The Bertz CT molecular complexity index is 595. The molecule has 0 saturated carbocycles. The number of carboxylic acids is 1. The summed E-state index contributed by atoms with van der Waals surface area (Å²) in [5.74, 6) is -0.961. The number of hydrogen-bond acceptors (Lipinski definition) is 4. The Kier molecular flexibility index (Phi) is 4.07. The second-order valence-electron chi connectivity index (χ2n) is 4.19. The van der Waals surface area contributed by atoms with Crippen molar-refractivity contribution < 1.29 is 9.90 Å². The van der Waals surface area contributed by atoms with Gasteiger partial charge in [0.05, 0.1) is 5.69 Å². The van der Waals surface area contributed by atoms with Gasteiger partial charge in [0.15, 0.2) is 0 Å². The van der Waals surface area contributed by atoms with Crippen molar-refractivity contribution in [2.75, 3.05) is 5.32 Å². The lowest BCUT2D eigenvalue weighted by atomic mass is 10.1. The third-order valence-electron chi connectivity index (χ3n) is 2.79. The van der Waals surface area contributed by atoms with E-state index in [0.717, 1.165) is 17.1 Å². The molecule has 0 amide bonds. The van der Waals surface area contributed by atoms with Crippen LogP contribution in [0.1, 0.15) is 34.6 Å². The van der Waals surface area contributed by atoms with Crippen LogP contribution in [0.25, 0.3) is 0 Å². The first-order valence-electron chi connectivity index (χ1n) is 5.70. The molecule has 0 saturated heterocycles. The molecule has 0 bridgehead atoms. The smallest absolute Gasteiger partial charge is 0.340 e. The number of aryl methyl sites for hydroxylation is 1. The zero-order chi connectivity index (χ0) is 14.0. The van der Waals surface area contributed by atoms with Gasteiger partial charge in [0.2, 0.25) is 0 Å². The van der Waals surface area contributed by atoms with Crippen molar-refractivity contribution >= 4 is 34.1 Å². The van der Waals surface area contributed by atoms with E-state index in [1.165, 1.54) is 0 Å². The van der Waals surface area contributed by atoms with Crippen LogP contribution in [-0.4, -0.2) is 15.4 Å². The van der Waals surface area contributed by atoms with E-state index in [9.17, 15) is 4.79 Å². The maximum absolute atomic E-state index is 11.2. The molecule has 0 aliphatic heterocycles. The van der Waals surface area contributed by atoms with E-state index < -0.39 is 5.97 Å². The maximum Gasteiger partial charge on any atom is 0.340 e. The molecule has 19 heavy (non-hydrogen) atoms. The summed E-state index contributed by atoms with van der Waals surface area (Å²) >= 11 is 7.00. The molecule has 1 unspecified atom stereocenters. The SMILES string of the molecule is Cc1nsc(NC(C)c2ccc(Cl)cc2)c1C(=O)O. The van der Waals surface area contributed by atoms with Gasteiger partial charge in [-0.1, -0.05) is 23.7 Å². The Hall–Kier alpha value is -1.59. The first-order valence-corrected chi connectivity index (χ1v) is 6.85. The number of benzene rings is 1. The number of nitrogens with one attached hydrogen (secondary N) is 1. The van der Waals surface area contributed by atoms with E-state index in [1.54, 1.807) is 6.92 Å². The van der Waals surface area contributed by atoms with Crippen LogP contribution in [0.4, 0.5) is 5.00 Å². The highest BCUT2D eigenvalue weighted by Gasteiger charge is 2.19. The van der Waals surface area contributed by atoms with Crippen molar-refractivity contribution in [1.29, 1.82) is 0 Å². The number of aromatic carboxylic acids is 1. The molecule has 2 N–H and O–H groups in total. The largest absolute Gasteiger partial charge is 0.478 e. The molecular formula is C13H13ClN2O2S. The minimum absolute atomic E-state index is 0.0183. The molecule has 1 aromatic carbocycles. The maximum atomic E-state index is 11.2. The van der Waals surface area contributed by atoms with Crippen LogP contribution in [0, 0.1) is 6.92 Å². The lowest BCUT2D eigenvalue weighted by Gasteiger charge is -2.14. The highest BCUT2D eigenvalue weighted by molar-refractivity contribution is 7.10. The van der Waals surface area contributed by atoms with E-state index in [2.05, 4.69) is 9.69 Å². The summed E-state index contributed by atoms with van der Waals surface area (Å²) < 4.78 is 4.08. The number of aromatic nitrogens is 1. The second-order valence-corrected chi connectivity index (χ2v) is 5.40. The van der Waals surface area contributed by atoms with E-state index >= 15 is 0 Å². The molecule has 0 radical (unpaired) electrons. The lowest BCUT2D eigenvalue weighted by Crippen LogP contribution is -2.09. The van der Waals surface area contributed by atoms with E-state index in [0.29, 0.717) is 15.7 Å². The number of anilines is 1. The van der Waals surface area contributed by atoms with Gasteiger partial charge in [-0.05, 0) is 43.1 Å². The molecule has 6 heteroatoms. The minimum Gasteiger partial charge on any atom is -0.478 e. The standard InChI is InChI=1S/C13H13ClN2O2S/c1-7(9-3-5-10(14)6-4-9)15-12-11(13(17)18)8(2)16-19-12/h3-7,15H,1-2H3,(H,17,18). The van der Waals surface area contributed by atoms with Crippen LogP contribution >= 0.6 is 23.1 Å². The molecule has 0 fully saturated rings. The third-order valence-corrected chi connectivity index (χ3v) is 3.92. The van der Waals surface area contributed by atoms with Crippen molar-refractivity contribution in [2.24, 2.45) is 0 Å². The van der Waals surface area contributed by atoms with Crippen LogP contribution < -0.4 is 5.32 Å². The fraction of sp³-hybridized carbons (Fsp3) is 0.231. The fourth-order valence-corrected chi connectivity index (χ4v) is 2.75. The van der Waals surface area contributed by atoms with E-state index in [1.807, 2.05) is 31.2 Å². The Balaban J connectivity index is 2.21. The van der Waals surface area contributed by atoms with Crippen LogP contribution in [0.2, 0.25) is 5.02 Å². The summed E-state index contributed by atoms with van der Waals surface area (Å²) in [6.07, 6.45) is 0. The Morgan fingerprint density at radius 2 is 2.05 bits per heavy atom. The highest BCUT2D eigenvalue weighted by Crippen LogP contribution is 2.28. The van der Waals surface area contributed by atoms with Crippen LogP contribution in [0.3, 0.4) is 0 Å². The van der Waals surface area contributed by atoms with Crippen LogP contribution in [-0.2, 0) is 0 Å². The van der Waals surface area contributed by atoms with Gasteiger partial charge in [-0.3, -0.25) is 0 Å². The van der Waals surface area contributed by atoms with Gasteiger partial charge in [0.25, 0.3) is 0 Å². The normalized spacial score (nSPS) is 12.2. The molecule has 4 nitrogen and oxygen atoms in total. The number of hydrogen-bond donors (Lipinski definition) is 2. The topological polar surface area (TPSA) is 62.2 Å². The number of halogens is 1. The van der Waals surface area contributed by atoms with Crippen LogP contribution in [0.5, 0.6) is 0 Å². The van der Waals surface area contributed by atoms with Crippen molar-refractivity contribution in [2.45, 2.75) is 19.9 Å². The minimum atomic E-state index is -0.961. The second kappa shape index (κ2) is 5.59. The first-order chi connectivity index (χ1) is 8.99. The Labute approximate surface area is 120 Å². The van der Waals surface area contributed by atoms with Gasteiger partial charge >= 0.3 is 5.97 Å². The van der Waals surface area contributed by atoms with Gasteiger partial charge < -0.3 is 10.4 Å². The molecule has 0 aliphatic rings. The molecule has 0 spiro atoms. The average molecular weight is 297 g/mol. The molecule has 1 atom stereocenters. The molecule has 100 valence electrons. The van der Waals surface area contributed by atoms with Gasteiger partial charge in [-0.15, -0.1) is 0 Å². The van der Waals surface area contributed by atoms with Gasteiger partial charge in [-0.25, -0.2) is 4.79 Å². The van der Waals surface area contributed by atoms with Crippen molar-refractivity contribution in [3.63, 3.8) is 0 Å². The molecule has 1 aromatic heterocycles. The van der Waals surface area contributed by atoms with Gasteiger partial charge in [0.1, 0.15) is 10.6 Å².